The maximum absolute atomic E-state index is 13.2. The van der Waals surface area contributed by atoms with E-state index >= 15 is 0 Å². The predicted octanol–water partition coefficient (Wildman–Crippen LogP) is 2.85. The third-order valence-corrected chi connectivity index (χ3v) is 5.08. The van der Waals surface area contributed by atoms with Gasteiger partial charge in [-0.3, -0.25) is 4.79 Å². The third-order valence-electron chi connectivity index (χ3n) is 5.08. The van der Waals surface area contributed by atoms with Gasteiger partial charge < -0.3 is 19.1 Å². The van der Waals surface area contributed by atoms with E-state index in [1.54, 1.807) is 12.3 Å². The number of hydrogen-bond donors (Lipinski definition) is 1. The van der Waals surface area contributed by atoms with E-state index < -0.39 is 6.17 Å². The van der Waals surface area contributed by atoms with E-state index in [1.165, 1.54) is 0 Å². The molecular formula is C19H18FN5O3. The van der Waals surface area contributed by atoms with Gasteiger partial charge in [-0.2, -0.15) is 4.98 Å². The minimum atomic E-state index is -0.895. The van der Waals surface area contributed by atoms with Crippen LogP contribution >= 0.6 is 0 Å². The van der Waals surface area contributed by atoms with Crippen molar-refractivity contribution in [2.45, 2.75) is 38.6 Å². The fraction of sp³-hybridized carbons (Fsp3) is 0.368. The zero-order valence-corrected chi connectivity index (χ0v) is 15.2. The van der Waals surface area contributed by atoms with Gasteiger partial charge in [0.15, 0.2) is 0 Å². The van der Waals surface area contributed by atoms with Gasteiger partial charge in [0.05, 0.1) is 18.7 Å². The fourth-order valence-electron chi connectivity index (χ4n) is 3.28. The summed E-state index contributed by atoms with van der Waals surface area (Å²) in [5.74, 6) is 0.911. The van der Waals surface area contributed by atoms with Crippen molar-refractivity contribution in [1.82, 2.24) is 19.7 Å². The number of anilines is 1. The summed E-state index contributed by atoms with van der Waals surface area (Å²) in [5, 5.41) is 6.88. The first-order valence-electron chi connectivity index (χ1n) is 9.12. The van der Waals surface area contributed by atoms with Gasteiger partial charge in [-0.25, -0.2) is 9.37 Å². The number of carbonyl (C=O) groups is 1. The van der Waals surface area contributed by atoms with Gasteiger partial charge in [0, 0.05) is 17.8 Å². The Morgan fingerprint density at radius 2 is 2.25 bits per heavy atom. The highest BCUT2D eigenvalue weighted by atomic mass is 19.1. The number of rotatable bonds is 4. The molecule has 0 bridgehead atoms. The normalized spacial score (nSPS) is 20.6. The Hall–Kier alpha value is -3.07. The number of fused-ring (bicyclic) bond motifs is 1. The summed E-state index contributed by atoms with van der Waals surface area (Å²) in [6, 6.07) is 5.51. The van der Waals surface area contributed by atoms with E-state index in [9.17, 15) is 9.18 Å². The number of halogens is 1. The average molecular weight is 383 g/mol. The lowest BCUT2D eigenvalue weighted by Crippen LogP contribution is -2.23. The molecule has 3 heterocycles. The van der Waals surface area contributed by atoms with Crippen LogP contribution in [0.25, 0.3) is 11.4 Å². The Labute approximate surface area is 159 Å². The van der Waals surface area contributed by atoms with Gasteiger partial charge >= 0.3 is 0 Å². The summed E-state index contributed by atoms with van der Waals surface area (Å²) in [4.78, 5) is 21.3. The summed E-state index contributed by atoms with van der Waals surface area (Å²) in [6.45, 7) is 3.46. The van der Waals surface area contributed by atoms with Crippen molar-refractivity contribution in [2.24, 2.45) is 0 Å². The highest BCUT2D eigenvalue weighted by Gasteiger charge is 2.43. The van der Waals surface area contributed by atoms with Crippen LogP contribution in [-0.4, -0.2) is 38.4 Å². The highest BCUT2D eigenvalue weighted by molar-refractivity contribution is 6.03. The second kappa shape index (κ2) is 6.52. The molecule has 1 aliphatic heterocycles. The molecule has 3 aromatic rings. The van der Waals surface area contributed by atoms with Crippen LogP contribution in [0.5, 0.6) is 0 Å². The van der Waals surface area contributed by atoms with Crippen molar-refractivity contribution in [2.75, 3.05) is 11.9 Å². The van der Waals surface area contributed by atoms with Crippen LogP contribution in [0.15, 0.2) is 28.9 Å². The molecule has 1 saturated carbocycles. The van der Waals surface area contributed by atoms with Crippen LogP contribution in [0, 0.1) is 6.92 Å². The number of imidazole rings is 1. The van der Waals surface area contributed by atoms with Crippen LogP contribution < -0.4 is 5.32 Å². The molecule has 9 heteroatoms. The molecule has 8 nitrogen and oxygen atoms in total. The third kappa shape index (κ3) is 2.97. The fourth-order valence-corrected chi connectivity index (χ4v) is 3.28. The van der Waals surface area contributed by atoms with Crippen molar-refractivity contribution in [3.63, 3.8) is 0 Å². The van der Waals surface area contributed by atoms with Gasteiger partial charge in [-0.15, -0.1) is 0 Å². The molecule has 2 aliphatic rings. The summed E-state index contributed by atoms with van der Waals surface area (Å²) >= 11 is 0. The molecule has 0 spiro atoms. The van der Waals surface area contributed by atoms with Crippen LogP contribution in [0.1, 0.15) is 40.1 Å². The monoisotopic (exact) mass is 383 g/mol. The molecule has 1 aliphatic carbocycles. The molecule has 5 rings (SSSR count). The first kappa shape index (κ1) is 17.1. The van der Waals surface area contributed by atoms with Gasteiger partial charge in [0.2, 0.25) is 11.7 Å². The summed E-state index contributed by atoms with van der Waals surface area (Å²) < 4.78 is 25.6. The number of nitrogens with one attached hydrogen (secondary N) is 1. The topological polar surface area (TPSA) is 95.1 Å². The molecular weight excluding hydrogens is 365 g/mol. The van der Waals surface area contributed by atoms with Crippen LogP contribution in [0.2, 0.25) is 0 Å². The molecule has 28 heavy (non-hydrogen) atoms. The molecule has 0 unspecified atom stereocenters. The lowest BCUT2D eigenvalue weighted by Gasteiger charge is -2.17. The largest absolute Gasteiger partial charge is 0.372 e. The van der Waals surface area contributed by atoms with Crippen LogP contribution in [-0.2, 0) is 17.9 Å². The Bertz CT molecular complexity index is 1060. The minimum Gasteiger partial charge on any atom is -0.372 e. The predicted molar refractivity (Wildman–Crippen MR) is 96.6 cm³/mol. The van der Waals surface area contributed by atoms with Crippen LogP contribution in [0.3, 0.4) is 0 Å². The lowest BCUT2D eigenvalue weighted by atomic mass is 10.1. The standard InChI is InChI=1S/C19H18FN5O3/c1-10-2-3-11(17-23-19(28-24-17)12-7-13(12)20)6-14(10)22-18(26)15-8-21-16-9-27-5-4-25(15)16/h2-3,6,8,12-13H,4-5,7,9H2,1H3,(H,22,26)/t12-,13-/m0/s1. The van der Waals surface area contributed by atoms with E-state index in [0.29, 0.717) is 54.8 Å². The maximum atomic E-state index is 13.2. The Morgan fingerprint density at radius 3 is 3.07 bits per heavy atom. The molecule has 1 aromatic carbocycles. The molecule has 0 saturated heterocycles. The number of alkyl halides is 1. The Morgan fingerprint density at radius 1 is 1.39 bits per heavy atom. The molecule has 1 N–H and O–H groups in total. The number of ether oxygens (including phenoxy) is 1. The van der Waals surface area contributed by atoms with E-state index in [1.807, 2.05) is 23.6 Å². The van der Waals surface area contributed by atoms with Gasteiger partial charge in [-0.1, -0.05) is 17.3 Å². The van der Waals surface area contributed by atoms with Crippen molar-refractivity contribution < 1.29 is 18.4 Å². The number of aromatic nitrogens is 4. The lowest BCUT2D eigenvalue weighted by molar-refractivity contribution is 0.0791. The van der Waals surface area contributed by atoms with E-state index in [2.05, 4.69) is 20.4 Å². The number of hydrogen-bond acceptors (Lipinski definition) is 6. The quantitative estimate of drug-likeness (QED) is 0.744. The SMILES string of the molecule is Cc1ccc(-c2noc([C@H]3C[C@@H]3F)n2)cc1NC(=O)c1cnc2n1CCOC2. The molecule has 2 aromatic heterocycles. The summed E-state index contributed by atoms with van der Waals surface area (Å²) in [6.07, 6.45) is 1.10. The summed E-state index contributed by atoms with van der Waals surface area (Å²) in [7, 11) is 0. The zero-order valence-electron chi connectivity index (χ0n) is 15.2. The average Bonchev–Trinajstić information content (AvgIpc) is 3.12. The van der Waals surface area contributed by atoms with Crippen molar-refractivity contribution in [3.05, 3.63) is 47.4 Å². The van der Waals surface area contributed by atoms with Crippen molar-refractivity contribution >= 4 is 11.6 Å². The Kier molecular flexibility index (Phi) is 3.97. The minimum absolute atomic E-state index is 0.243. The molecule has 1 fully saturated rings. The second-order valence-electron chi connectivity index (χ2n) is 7.06. The number of aryl methyl sites for hydroxylation is 1. The van der Waals surface area contributed by atoms with E-state index in [4.69, 9.17) is 9.26 Å². The molecule has 2 atom stereocenters. The summed E-state index contributed by atoms with van der Waals surface area (Å²) in [5.41, 5.74) is 2.73. The van der Waals surface area contributed by atoms with Crippen LogP contribution in [0.4, 0.5) is 10.1 Å². The second-order valence-corrected chi connectivity index (χ2v) is 7.06. The number of benzene rings is 1. The number of amides is 1. The molecule has 0 radical (unpaired) electrons. The number of carbonyl (C=O) groups excluding carboxylic acids is 1. The van der Waals surface area contributed by atoms with Gasteiger partial charge in [0.25, 0.3) is 5.91 Å². The maximum Gasteiger partial charge on any atom is 0.273 e. The smallest absolute Gasteiger partial charge is 0.273 e. The van der Waals surface area contributed by atoms with Crippen molar-refractivity contribution in [1.29, 1.82) is 0 Å². The Balaban J connectivity index is 1.39. The van der Waals surface area contributed by atoms with E-state index in [-0.39, 0.29) is 11.8 Å². The first-order chi connectivity index (χ1) is 13.6. The zero-order chi connectivity index (χ0) is 19.3. The van der Waals surface area contributed by atoms with Crippen molar-refractivity contribution in [3.8, 4) is 11.4 Å². The first-order valence-corrected chi connectivity index (χ1v) is 9.12. The molecule has 144 valence electrons. The van der Waals surface area contributed by atoms with E-state index in [0.717, 1.165) is 11.4 Å². The van der Waals surface area contributed by atoms with Gasteiger partial charge in [-0.05, 0) is 25.0 Å². The highest BCUT2D eigenvalue weighted by Crippen LogP contribution is 2.43. The number of nitrogens with zero attached hydrogens (tertiary/aromatic N) is 4. The molecule has 1 amide bonds. The van der Waals surface area contributed by atoms with Gasteiger partial charge in [0.1, 0.15) is 24.3 Å².